The highest BCUT2D eigenvalue weighted by Crippen LogP contribution is 2.43. The largest absolute Gasteiger partial charge is 0.465 e. The van der Waals surface area contributed by atoms with E-state index in [9.17, 15) is 19.6 Å². The Labute approximate surface area is 175 Å². The third-order valence-electron chi connectivity index (χ3n) is 5.45. The molecule has 0 bridgehead atoms. The number of rotatable bonds is 6. The minimum atomic E-state index is -1.13. The fraction of sp³-hybridized carbons (Fsp3) is 0.250. The van der Waals surface area contributed by atoms with Gasteiger partial charge in [0, 0.05) is 23.8 Å². The standard InChI is InChI=1S/C24H22N2O4/c1-4-24(13-21(27)17-8-6-5-7-9-17)22(28)19(12-18(14-25)23(29)30-3)20-11-10-16(2)15-26(20)24/h5-12,15H,4,13H2,1-3H3/b18-12+. The number of carbonyl (C=O) groups excluding carboxylic acids is 3. The Morgan fingerprint density at radius 3 is 2.53 bits per heavy atom. The van der Waals surface area contributed by atoms with E-state index in [4.69, 9.17) is 0 Å². The molecule has 0 N–H and O–H groups in total. The van der Waals surface area contributed by atoms with Crippen molar-refractivity contribution in [3.8, 4) is 6.07 Å². The third-order valence-corrected chi connectivity index (χ3v) is 5.45. The van der Waals surface area contributed by atoms with Gasteiger partial charge in [-0.05, 0) is 31.1 Å². The van der Waals surface area contributed by atoms with Gasteiger partial charge in [0.15, 0.2) is 11.6 Å². The average molecular weight is 402 g/mol. The first kappa shape index (κ1) is 21.0. The van der Waals surface area contributed by atoms with E-state index in [1.807, 2.05) is 37.1 Å². The summed E-state index contributed by atoms with van der Waals surface area (Å²) >= 11 is 0. The van der Waals surface area contributed by atoms with Crippen LogP contribution in [0.4, 0.5) is 0 Å². The molecule has 6 heteroatoms. The van der Waals surface area contributed by atoms with Crippen LogP contribution < -0.4 is 0 Å². The number of nitriles is 1. The molecule has 0 spiro atoms. The van der Waals surface area contributed by atoms with Gasteiger partial charge in [-0.25, -0.2) is 4.79 Å². The summed E-state index contributed by atoms with van der Waals surface area (Å²) < 4.78 is 4.64. The molecule has 1 aromatic rings. The molecule has 2 aliphatic rings. The van der Waals surface area contributed by atoms with Crippen molar-refractivity contribution in [3.63, 3.8) is 0 Å². The van der Waals surface area contributed by atoms with E-state index in [0.717, 1.165) is 5.57 Å². The summed E-state index contributed by atoms with van der Waals surface area (Å²) in [5.41, 5.74) is 0.842. The fourth-order valence-electron chi connectivity index (χ4n) is 3.80. The van der Waals surface area contributed by atoms with Gasteiger partial charge < -0.3 is 9.64 Å². The molecule has 30 heavy (non-hydrogen) atoms. The molecule has 0 aliphatic carbocycles. The number of Topliss-reactive ketones (excluding diaryl/α,β-unsaturated/α-hetero) is 2. The summed E-state index contributed by atoms with van der Waals surface area (Å²) in [4.78, 5) is 40.4. The van der Waals surface area contributed by atoms with Crippen LogP contribution in [0.3, 0.4) is 0 Å². The van der Waals surface area contributed by atoms with Gasteiger partial charge in [-0.2, -0.15) is 5.26 Å². The maximum atomic E-state index is 13.6. The summed E-state index contributed by atoms with van der Waals surface area (Å²) in [6.45, 7) is 3.76. The minimum Gasteiger partial charge on any atom is -0.465 e. The Kier molecular flexibility index (Phi) is 5.84. The molecule has 0 amide bonds. The predicted octanol–water partition coefficient (Wildman–Crippen LogP) is 3.64. The Morgan fingerprint density at radius 2 is 1.93 bits per heavy atom. The zero-order valence-electron chi connectivity index (χ0n) is 17.1. The van der Waals surface area contributed by atoms with Crippen LogP contribution in [0.1, 0.15) is 37.0 Å². The summed E-state index contributed by atoms with van der Waals surface area (Å²) in [5, 5.41) is 9.34. The lowest BCUT2D eigenvalue weighted by atomic mass is 9.82. The zero-order valence-corrected chi connectivity index (χ0v) is 17.1. The maximum Gasteiger partial charge on any atom is 0.348 e. The number of methoxy groups -OCH3 is 1. The molecule has 0 saturated carbocycles. The van der Waals surface area contributed by atoms with Gasteiger partial charge in [0.1, 0.15) is 17.2 Å². The van der Waals surface area contributed by atoms with Crippen molar-refractivity contribution in [3.05, 3.63) is 82.7 Å². The lowest BCUT2D eigenvalue weighted by Crippen LogP contribution is -2.48. The molecule has 6 nitrogen and oxygen atoms in total. The number of benzene rings is 1. The van der Waals surface area contributed by atoms with Crippen molar-refractivity contribution < 1.29 is 19.1 Å². The summed E-state index contributed by atoms with van der Waals surface area (Å²) in [6, 6.07) is 10.6. The molecular weight excluding hydrogens is 380 g/mol. The van der Waals surface area contributed by atoms with Crippen molar-refractivity contribution in [1.29, 1.82) is 5.26 Å². The van der Waals surface area contributed by atoms with Crippen LogP contribution in [0.25, 0.3) is 0 Å². The molecule has 0 fully saturated rings. The second-order valence-electron chi connectivity index (χ2n) is 7.22. The number of allylic oxidation sites excluding steroid dienone is 4. The topological polar surface area (TPSA) is 87.5 Å². The molecule has 0 radical (unpaired) electrons. The van der Waals surface area contributed by atoms with Crippen molar-refractivity contribution in [2.45, 2.75) is 32.2 Å². The molecule has 3 rings (SSSR count). The number of nitrogens with zero attached hydrogens (tertiary/aromatic N) is 2. The number of fused-ring (bicyclic) bond motifs is 1. The molecular formula is C24H22N2O4. The zero-order chi connectivity index (χ0) is 21.9. The molecule has 1 atom stereocenters. The number of ether oxygens (including phenoxy) is 1. The summed E-state index contributed by atoms with van der Waals surface area (Å²) in [5.74, 6) is -1.26. The molecule has 1 aromatic carbocycles. The van der Waals surface area contributed by atoms with Gasteiger partial charge in [-0.3, -0.25) is 9.59 Å². The monoisotopic (exact) mass is 402 g/mol. The Bertz CT molecular complexity index is 1070. The third kappa shape index (κ3) is 3.50. The van der Waals surface area contributed by atoms with Crippen LogP contribution in [0.15, 0.2) is 77.2 Å². The highest BCUT2D eigenvalue weighted by Gasteiger charge is 2.51. The fourth-order valence-corrected chi connectivity index (χ4v) is 3.80. The lowest BCUT2D eigenvalue weighted by molar-refractivity contribution is -0.135. The Morgan fingerprint density at radius 1 is 1.23 bits per heavy atom. The van der Waals surface area contributed by atoms with Gasteiger partial charge in [-0.15, -0.1) is 0 Å². The van der Waals surface area contributed by atoms with E-state index in [2.05, 4.69) is 4.74 Å². The van der Waals surface area contributed by atoms with Crippen LogP contribution in [-0.4, -0.2) is 35.1 Å². The summed E-state index contributed by atoms with van der Waals surface area (Å²) in [6.07, 6.45) is 7.07. The quantitative estimate of drug-likeness (QED) is 0.312. The van der Waals surface area contributed by atoms with E-state index < -0.39 is 11.5 Å². The van der Waals surface area contributed by atoms with Crippen LogP contribution in [0, 0.1) is 11.3 Å². The van der Waals surface area contributed by atoms with E-state index in [1.54, 1.807) is 36.4 Å². The van der Waals surface area contributed by atoms with Crippen molar-refractivity contribution in [2.75, 3.05) is 7.11 Å². The van der Waals surface area contributed by atoms with E-state index in [1.165, 1.54) is 13.2 Å². The number of hydrogen-bond donors (Lipinski definition) is 0. The lowest BCUT2D eigenvalue weighted by Gasteiger charge is -2.38. The van der Waals surface area contributed by atoms with Gasteiger partial charge in [-0.1, -0.05) is 43.3 Å². The van der Waals surface area contributed by atoms with Crippen LogP contribution in [-0.2, 0) is 14.3 Å². The van der Waals surface area contributed by atoms with Gasteiger partial charge in [0.2, 0.25) is 0 Å². The average Bonchev–Trinajstić information content (AvgIpc) is 2.99. The van der Waals surface area contributed by atoms with Crippen LogP contribution >= 0.6 is 0 Å². The normalized spacial score (nSPS) is 20.6. The minimum absolute atomic E-state index is 0.0229. The van der Waals surface area contributed by atoms with Gasteiger partial charge in [0.25, 0.3) is 0 Å². The van der Waals surface area contributed by atoms with E-state index >= 15 is 0 Å². The second-order valence-corrected chi connectivity index (χ2v) is 7.22. The molecule has 152 valence electrons. The van der Waals surface area contributed by atoms with Crippen molar-refractivity contribution in [1.82, 2.24) is 4.90 Å². The summed E-state index contributed by atoms with van der Waals surface area (Å²) in [7, 11) is 1.18. The second kappa shape index (κ2) is 8.34. The highest BCUT2D eigenvalue weighted by atomic mass is 16.5. The van der Waals surface area contributed by atoms with Crippen LogP contribution in [0.2, 0.25) is 0 Å². The van der Waals surface area contributed by atoms with Crippen LogP contribution in [0.5, 0.6) is 0 Å². The van der Waals surface area contributed by atoms with Crippen molar-refractivity contribution in [2.24, 2.45) is 0 Å². The predicted molar refractivity (Wildman–Crippen MR) is 111 cm³/mol. The first-order valence-electron chi connectivity index (χ1n) is 9.61. The van der Waals surface area contributed by atoms with Crippen molar-refractivity contribution >= 4 is 17.5 Å². The SMILES string of the molecule is CCC1(CC(=O)c2ccccc2)C(=O)C(/C=C(\C#N)C(=O)OC)=C2C=CC(C)=CN21. The van der Waals surface area contributed by atoms with E-state index in [0.29, 0.717) is 17.7 Å². The smallest absolute Gasteiger partial charge is 0.348 e. The molecule has 0 aromatic heterocycles. The number of ketones is 2. The number of carbonyl (C=O) groups is 3. The Hall–Kier alpha value is -3.72. The van der Waals surface area contributed by atoms with E-state index in [-0.39, 0.29) is 29.1 Å². The van der Waals surface area contributed by atoms with Gasteiger partial charge in [0.05, 0.1) is 12.8 Å². The number of esters is 1. The van der Waals surface area contributed by atoms with Gasteiger partial charge >= 0.3 is 5.97 Å². The molecule has 1 unspecified atom stereocenters. The Balaban J connectivity index is 2.10. The number of hydrogen-bond acceptors (Lipinski definition) is 6. The first-order valence-corrected chi connectivity index (χ1v) is 9.61. The first-order chi connectivity index (χ1) is 14.4. The molecule has 2 heterocycles. The molecule has 2 aliphatic heterocycles. The molecule has 0 saturated heterocycles. The maximum absolute atomic E-state index is 13.6. The highest BCUT2D eigenvalue weighted by molar-refractivity contribution is 6.13.